The summed E-state index contributed by atoms with van der Waals surface area (Å²) < 4.78 is 0. The van der Waals surface area contributed by atoms with E-state index in [1.807, 2.05) is 26.0 Å². The number of nitrogens with one attached hydrogen (secondary N) is 2. The number of aryl methyl sites for hydroxylation is 2. The number of aromatic nitrogens is 2. The summed E-state index contributed by atoms with van der Waals surface area (Å²) in [6, 6.07) is 22.6. The first-order valence-electron chi connectivity index (χ1n) is 10.8. The third-order valence-electron chi connectivity index (χ3n) is 5.38. The first kappa shape index (κ1) is 23.3. The normalized spacial score (nSPS) is 11.7. The van der Waals surface area contributed by atoms with Crippen LogP contribution < -0.4 is 5.32 Å². The lowest BCUT2D eigenvalue weighted by Gasteiger charge is -2.11. The zero-order valence-electron chi connectivity index (χ0n) is 19.1. The summed E-state index contributed by atoms with van der Waals surface area (Å²) in [4.78, 5) is 32.2. The number of carboxylic acid groups (broad SMARTS) is 1. The minimum absolute atomic E-state index is 0.120. The van der Waals surface area contributed by atoms with Crippen LogP contribution in [-0.4, -0.2) is 32.2 Å². The van der Waals surface area contributed by atoms with Crippen LogP contribution in [0, 0.1) is 13.8 Å². The molecule has 0 aliphatic heterocycles. The lowest BCUT2D eigenvalue weighted by molar-refractivity contribution is -0.115. The number of imidazole rings is 1. The highest BCUT2D eigenvalue weighted by Gasteiger charge is 2.20. The van der Waals surface area contributed by atoms with Gasteiger partial charge in [0.2, 0.25) is 5.91 Å². The number of hydrogen-bond donors (Lipinski definition) is 3. The number of aromatic amines is 1. The van der Waals surface area contributed by atoms with Gasteiger partial charge in [0, 0.05) is 16.8 Å². The predicted molar refractivity (Wildman–Crippen MR) is 136 cm³/mol. The van der Waals surface area contributed by atoms with Gasteiger partial charge in [-0.05, 0) is 39.0 Å². The second-order valence-corrected chi connectivity index (χ2v) is 9.46. The molecule has 0 aliphatic carbocycles. The fourth-order valence-corrected chi connectivity index (χ4v) is 4.26. The molecule has 6 nitrogen and oxygen atoms in total. The Morgan fingerprint density at radius 3 is 2.18 bits per heavy atom. The van der Waals surface area contributed by atoms with Crippen molar-refractivity contribution in [1.29, 1.82) is 0 Å². The fourth-order valence-electron chi connectivity index (χ4n) is 3.45. The molecule has 34 heavy (non-hydrogen) atoms. The first-order chi connectivity index (χ1) is 16.3. The quantitative estimate of drug-likeness (QED) is 0.280. The molecule has 0 aliphatic rings. The minimum Gasteiger partial charge on any atom is -0.478 e. The van der Waals surface area contributed by atoms with Gasteiger partial charge < -0.3 is 15.4 Å². The van der Waals surface area contributed by atoms with Crippen molar-refractivity contribution in [3.8, 4) is 22.5 Å². The number of benzene rings is 3. The van der Waals surface area contributed by atoms with E-state index in [2.05, 4.69) is 46.7 Å². The Morgan fingerprint density at radius 2 is 1.56 bits per heavy atom. The number of thioether (sulfide) groups is 1. The number of H-pyrrole nitrogens is 1. The van der Waals surface area contributed by atoms with Gasteiger partial charge in [-0.15, -0.1) is 0 Å². The van der Waals surface area contributed by atoms with E-state index in [1.165, 1.54) is 35.0 Å². The molecule has 4 aromatic rings. The van der Waals surface area contributed by atoms with Gasteiger partial charge in [0.05, 0.1) is 22.2 Å². The number of aromatic carboxylic acids is 1. The molecule has 0 saturated carbocycles. The summed E-state index contributed by atoms with van der Waals surface area (Å²) in [6.45, 7) is 5.88. The number of anilines is 1. The number of carboxylic acids is 1. The number of carbonyl (C=O) groups excluding carboxylic acids is 1. The minimum atomic E-state index is -1.04. The van der Waals surface area contributed by atoms with E-state index in [9.17, 15) is 9.59 Å². The molecule has 1 heterocycles. The first-order valence-corrected chi connectivity index (χ1v) is 11.7. The van der Waals surface area contributed by atoms with Crippen LogP contribution in [0.4, 0.5) is 5.69 Å². The summed E-state index contributed by atoms with van der Waals surface area (Å²) in [5.41, 5.74) is 6.64. The average molecular weight is 472 g/mol. The van der Waals surface area contributed by atoms with Gasteiger partial charge in [0.15, 0.2) is 5.16 Å². The number of hydrogen-bond acceptors (Lipinski definition) is 4. The maximum Gasteiger partial charge on any atom is 0.335 e. The Bertz CT molecular complexity index is 1270. The van der Waals surface area contributed by atoms with Crippen LogP contribution in [0.1, 0.15) is 28.4 Å². The molecule has 0 bridgehead atoms. The van der Waals surface area contributed by atoms with Gasteiger partial charge >= 0.3 is 5.97 Å². The standard InChI is InChI=1S/C27H25N3O3S/c1-16-7-11-19(12-8-16)23-24(20-13-9-17(2)10-14-20)30-27(29-23)34-18(3)25(31)28-22-6-4-5-21(15-22)26(32)33/h4-15,18H,1-3H3,(H,28,31)(H,29,30)(H,32,33). The summed E-state index contributed by atoms with van der Waals surface area (Å²) in [5, 5.41) is 12.1. The highest BCUT2D eigenvalue weighted by molar-refractivity contribution is 8.00. The molecule has 1 amide bonds. The Kier molecular flexibility index (Phi) is 6.84. The Hall–Kier alpha value is -3.84. The third-order valence-corrected chi connectivity index (χ3v) is 6.37. The van der Waals surface area contributed by atoms with Crippen molar-refractivity contribution < 1.29 is 14.7 Å². The van der Waals surface area contributed by atoms with Crippen molar-refractivity contribution in [1.82, 2.24) is 9.97 Å². The second kappa shape index (κ2) is 9.97. The molecular formula is C27H25N3O3S. The number of rotatable bonds is 7. The highest BCUT2D eigenvalue weighted by Crippen LogP contribution is 2.34. The zero-order valence-corrected chi connectivity index (χ0v) is 19.9. The van der Waals surface area contributed by atoms with Crippen LogP contribution in [0.5, 0.6) is 0 Å². The van der Waals surface area contributed by atoms with Crippen LogP contribution in [-0.2, 0) is 4.79 Å². The molecule has 3 aromatic carbocycles. The van der Waals surface area contributed by atoms with Gasteiger partial charge in [-0.2, -0.15) is 0 Å². The van der Waals surface area contributed by atoms with E-state index in [4.69, 9.17) is 10.1 Å². The van der Waals surface area contributed by atoms with Crippen molar-refractivity contribution in [3.63, 3.8) is 0 Å². The van der Waals surface area contributed by atoms with E-state index in [0.717, 1.165) is 22.5 Å². The van der Waals surface area contributed by atoms with Gasteiger partial charge in [-0.1, -0.05) is 77.5 Å². The van der Waals surface area contributed by atoms with Gasteiger partial charge in [-0.3, -0.25) is 4.79 Å². The summed E-state index contributed by atoms with van der Waals surface area (Å²) in [5.74, 6) is -1.28. The maximum atomic E-state index is 12.8. The monoisotopic (exact) mass is 471 g/mol. The molecule has 1 aromatic heterocycles. The van der Waals surface area contributed by atoms with Gasteiger partial charge in [0.25, 0.3) is 0 Å². The van der Waals surface area contributed by atoms with Gasteiger partial charge in [0.1, 0.15) is 0 Å². The topological polar surface area (TPSA) is 95.1 Å². The van der Waals surface area contributed by atoms with E-state index in [0.29, 0.717) is 10.8 Å². The van der Waals surface area contributed by atoms with Crippen LogP contribution in [0.2, 0.25) is 0 Å². The van der Waals surface area contributed by atoms with E-state index >= 15 is 0 Å². The largest absolute Gasteiger partial charge is 0.478 e. The molecule has 0 fully saturated rings. The molecule has 4 rings (SSSR count). The van der Waals surface area contributed by atoms with E-state index in [1.54, 1.807) is 19.1 Å². The second-order valence-electron chi connectivity index (χ2n) is 8.13. The zero-order chi connectivity index (χ0) is 24.2. The molecule has 0 saturated heterocycles. The molecule has 0 radical (unpaired) electrons. The molecule has 0 spiro atoms. The Labute approximate surface area is 202 Å². The molecule has 3 N–H and O–H groups in total. The Morgan fingerprint density at radius 1 is 0.941 bits per heavy atom. The number of nitrogens with zero attached hydrogens (tertiary/aromatic N) is 1. The van der Waals surface area contributed by atoms with Crippen molar-refractivity contribution in [2.24, 2.45) is 0 Å². The fraction of sp³-hybridized carbons (Fsp3) is 0.148. The van der Waals surface area contributed by atoms with Crippen molar-refractivity contribution in [2.75, 3.05) is 5.32 Å². The summed E-state index contributed by atoms with van der Waals surface area (Å²) in [7, 11) is 0. The predicted octanol–water partition coefficient (Wildman–Crippen LogP) is 6.18. The molecular weight excluding hydrogens is 446 g/mol. The lowest BCUT2D eigenvalue weighted by atomic mass is 10.0. The van der Waals surface area contributed by atoms with E-state index < -0.39 is 11.2 Å². The third kappa shape index (κ3) is 5.38. The Balaban J connectivity index is 1.59. The molecule has 1 unspecified atom stereocenters. The van der Waals surface area contributed by atoms with E-state index in [-0.39, 0.29) is 11.5 Å². The smallest absolute Gasteiger partial charge is 0.335 e. The number of amides is 1. The lowest BCUT2D eigenvalue weighted by Crippen LogP contribution is -2.22. The van der Waals surface area contributed by atoms with Gasteiger partial charge in [-0.25, -0.2) is 9.78 Å². The van der Waals surface area contributed by atoms with Crippen molar-refractivity contribution in [3.05, 3.63) is 89.5 Å². The highest BCUT2D eigenvalue weighted by atomic mass is 32.2. The number of carbonyl (C=O) groups is 2. The van der Waals surface area contributed by atoms with Crippen LogP contribution in [0.3, 0.4) is 0 Å². The van der Waals surface area contributed by atoms with Crippen molar-refractivity contribution >= 4 is 29.3 Å². The van der Waals surface area contributed by atoms with Crippen LogP contribution in [0.25, 0.3) is 22.5 Å². The molecule has 1 atom stereocenters. The SMILES string of the molecule is Cc1ccc(-c2nc(SC(C)C(=O)Nc3cccc(C(=O)O)c3)[nH]c2-c2ccc(C)cc2)cc1. The molecule has 172 valence electrons. The average Bonchev–Trinajstić information content (AvgIpc) is 3.23. The molecule has 7 heteroatoms. The summed E-state index contributed by atoms with van der Waals surface area (Å²) in [6.07, 6.45) is 0. The van der Waals surface area contributed by atoms with Crippen molar-refractivity contribution in [2.45, 2.75) is 31.2 Å². The summed E-state index contributed by atoms with van der Waals surface area (Å²) >= 11 is 1.32. The maximum absolute atomic E-state index is 12.8. The van der Waals surface area contributed by atoms with Crippen LogP contribution in [0.15, 0.2) is 78.0 Å². The van der Waals surface area contributed by atoms with Crippen LogP contribution >= 0.6 is 11.8 Å².